The van der Waals surface area contributed by atoms with Crippen LogP contribution in [0.5, 0.6) is 11.5 Å². The van der Waals surface area contributed by atoms with Crippen molar-refractivity contribution in [3.8, 4) is 45.3 Å². The average molecular weight is 1050 g/mol. The van der Waals surface area contributed by atoms with Crippen LogP contribution in [0.4, 0.5) is 0 Å². The normalized spacial score (nSPS) is 15.4. The van der Waals surface area contributed by atoms with Crippen LogP contribution in [0.3, 0.4) is 0 Å². The zero-order valence-corrected chi connectivity index (χ0v) is 41.4. The van der Waals surface area contributed by atoms with Crippen LogP contribution in [0, 0.1) is 15.9 Å². The van der Waals surface area contributed by atoms with Crippen LogP contribution < -0.4 is 4.74 Å². The number of rotatable bonds is 7. The maximum atomic E-state index is 6.84. The van der Waals surface area contributed by atoms with E-state index in [-0.39, 0.29) is 16.9 Å². The van der Waals surface area contributed by atoms with E-state index in [0.29, 0.717) is 17.4 Å². The van der Waals surface area contributed by atoms with Gasteiger partial charge in [0.15, 0.2) is 0 Å². The Morgan fingerprint density at radius 2 is 1.18 bits per heavy atom. The van der Waals surface area contributed by atoms with Gasteiger partial charge in [-0.1, -0.05) is 39.0 Å². The Morgan fingerprint density at radius 1 is 0.582 bits per heavy atom. The van der Waals surface area contributed by atoms with Crippen LogP contribution >= 0.6 is 0 Å². The van der Waals surface area contributed by atoms with Crippen molar-refractivity contribution in [1.29, 1.82) is 0 Å². The Labute approximate surface area is 404 Å². The van der Waals surface area contributed by atoms with Crippen molar-refractivity contribution in [1.82, 2.24) is 18.7 Å². The van der Waals surface area contributed by atoms with Crippen molar-refractivity contribution in [3.63, 3.8) is 0 Å². The van der Waals surface area contributed by atoms with Gasteiger partial charge in [0.05, 0.1) is 0 Å². The molecular weight excluding hydrogens is 1000 g/mol. The second kappa shape index (κ2) is 16.6. The second-order valence-corrected chi connectivity index (χ2v) is 21.2. The van der Waals surface area contributed by atoms with Crippen molar-refractivity contribution in [3.05, 3.63) is 202 Å². The van der Waals surface area contributed by atoms with Gasteiger partial charge in [-0.05, 0) is 29.2 Å². The molecule has 1 aliphatic rings. The average Bonchev–Trinajstić information content (AvgIpc) is 3.82. The van der Waals surface area contributed by atoms with Crippen LogP contribution in [0.15, 0.2) is 164 Å². The molecule has 0 spiro atoms. The summed E-state index contributed by atoms with van der Waals surface area (Å²) in [5, 5.41) is 2.26. The maximum absolute atomic E-state index is 6.84. The Hall–Kier alpha value is -6.55. The number of ether oxygens (including phenoxy) is 1. The molecule has 67 heavy (non-hydrogen) atoms. The molecule has 7 aromatic carbocycles. The van der Waals surface area contributed by atoms with Gasteiger partial charge in [0, 0.05) is 6.20 Å². The standard InChI is InChI=1S/C61H54N4O.Pt/c1-40-26-31-53(52-37-45(27-29-47(40)52)66-46-28-30-49-48-22-14-15-23-54(48)65(57(49)38-46)58-36-43(32-33-62-58)60(2,3)4)63-39-64(56-25-17-16-24-55(56)63)59-50(41-18-10-8-11-19-41)34-44(61(5,6)7)35-51(59)42-20-12-9-13-21-42;/h8-25,27-30,32-36,40,53H,26,31H2,1-7H3;/q-2;. The van der Waals surface area contributed by atoms with Gasteiger partial charge in [0.2, 0.25) is 0 Å². The van der Waals surface area contributed by atoms with Crippen LogP contribution in [0.2, 0.25) is 0 Å². The first-order valence-electron chi connectivity index (χ1n) is 23.5. The van der Waals surface area contributed by atoms with E-state index < -0.39 is 0 Å². The summed E-state index contributed by atoms with van der Waals surface area (Å²) in [5.74, 6) is 2.57. The summed E-state index contributed by atoms with van der Waals surface area (Å²) in [6, 6.07) is 64.6. The molecule has 10 aromatic rings. The quantitative estimate of drug-likeness (QED) is 0.149. The van der Waals surface area contributed by atoms with Gasteiger partial charge in [0.1, 0.15) is 0 Å². The van der Waals surface area contributed by atoms with Crippen LogP contribution in [0.25, 0.3) is 66.6 Å². The number of pyridine rings is 1. The number of nitrogens with zero attached hydrogens (tertiary/aromatic N) is 4. The number of imidazole rings is 1. The van der Waals surface area contributed by atoms with E-state index in [2.05, 4.69) is 245 Å². The third-order valence-electron chi connectivity index (χ3n) is 13.8. The molecule has 0 N–H and O–H groups in total. The Kier molecular flexibility index (Phi) is 10.7. The molecule has 2 unspecified atom stereocenters. The fourth-order valence-electron chi connectivity index (χ4n) is 10.2. The first kappa shape index (κ1) is 43.0. The summed E-state index contributed by atoms with van der Waals surface area (Å²) in [4.78, 5) is 4.90. The van der Waals surface area contributed by atoms with Gasteiger partial charge in [-0.3, -0.25) is 0 Å². The van der Waals surface area contributed by atoms with Crippen LogP contribution in [-0.4, -0.2) is 18.7 Å². The van der Waals surface area contributed by atoms with Crippen LogP contribution in [-0.2, 0) is 30.2 Å². The summed E-state index contributed by atoms with van der Waals surface area (Å²) in [6.45, 7) is 16.0. The van der Waals surface area contributed by atoms with E-state index >= 15 is 0 Å². The molecule has 0 fully saturated rings. The summed E-state index contributed by atoms with van der Waals surface area (Å²) in [6.07, 6.45) is 3.96. The van der Waals surface area contributed by atoms with E-state index in [9.17, 15) is 0 Å². The minimum atomic E-state index is -0.0626. The van der Waals surface area contributed by atoms with Gasteiger partial charge in [-0.2, -0.15) is 0 Å². The molecule has 0 radical (unpaired) electrons. The number of hydrogen-bond donors (Lipinski definition) is 0. The first-order chi connectivity index (χ1) is 32.3. The van der Waals surface area contributed by atoms with Crippen LogP contribution in [0.1, 0.15) is 95.5 Å². The van der Waals surface area contributed by atoms with E-state index in [4.69, 9.17) is 9.72 Å². The van der Waals surface area contributed by atoms with Crippen molar-refractivity contribution < 1.29 is 24.1 Å². The molecule has 11 rings (SSSR count). The third-order valence-corrected chi connectivity index (χ3v) is 14.8. The van der Waals surface area contributed by atoms with Gasteiger partial charge >= 0.3 is 328 Å². The number of hydrogen-bond acceptors (Lipinski definition) is 2. The third kappa shape index (κ3) is 7.62. The van der Waals surface area contributed by atoms with Crippen molar-refractivity contribution in [2.45, 2.75) is 84.1 Å². The van der Waals surface area contributed by atoms with Crippen molar-refractivity contribution in [2.75, 3.05) is 0 Å². The number of aromatic nitrogens is 4. The van der Waals surface area contributed by atoms with E-state index in [0.717, 1.165) is 44.3 Å². The predicted octanol–water partition coefficient (Wildman–Crippen LogP) is 15.8. The Balaban J connectivity index is 1.07. The molecule has 2 atom stereocenters. The van der Waals surface area contributed by atoms with Gasteiger partial charge in [-0.25, -0.2) is 4.98 Å². The van der Waals surface area contributed by atoms with Crippen molar-refractivity contribution in [2.24, 2.45) is 0 Å². The monoisotopic (exact) mass is 1050 g/mol. The zero-order valence-electron chi connectivity index (χ0n) is 39.2. The van der Waals surface area contributed by atoms with E-state index in [1.807, 2.05) is 12.3 Å². The summed E-state index contributed by atoms with van der Waals surface area (Å²) >= 11 is 2.60. The van der Waals surface area contributed by atoms with Gasteiger partial charge in [-0.15, -0.1) is 0 Å². The molecule has 0 amide bonds. The summed E-state index contributed by atoms with van der Waals surface area (Å²) in [7, 11) is 0. The van der Waals surface area contributed by atoms with E-state index in [1.54, 1.807) is 0 Å². The number of para-hydroxylation sites is 3. The molecule has 0 saturated heterocycles. The van der Waals surface area contributed by atoms with Gasteiger partial charge in [0.25, 0.3) is 0 Å². The molecule has 1 aliphatic carbocycles. The molecule has 3 aromatic heterocycles. The molecule has 5 nitrogen and oxygen atoms in total. The zero-order chi connectivity index (χ0) is 46.2. The number of fused-ring (bicyclic) bond motifs is 5. The molecule has 0 bridgehead atoms. The van der Waals surface area contributed by atoms with E-state index in [1.165, 1.54) is 61.2 Å². The molecule has 0 saturated carbocycles. The van der Waals surface area contributed by atoms with Gasteiger partial charge < -0.3 is 0 Å². The molecule has 6 heteroatoms. The Morgan fingerprint density at radius 3 is 1.85 bits per heavy atom. The summed E-state index contributed by atoms with van der Waals surface area (Å²) < 4.78 is 15.3. The molecule has 3 heterocycles. The Bertz CT molecular complexity index is 3500. The SMILES string of the molecule is CC1CCC(n2[c](=[Pt])n(-c3c(-c4ccccc4)cc(C(C)(C)C)cc3-c3ccccc3)c3ccccc32)c2[c-]c(Oc3[c-]c4c(cc3)c3ccccc3n4-c3cc(C(C)(C)C)ccn3)ccc21. The second-order valence-electron chi connectivity index (χ2n) is 20.2. The fraction of sp³-hybridized carbons (Fsp3) is 0.213. The molecule has 336 valence electrons. The minimum absolute atomic E-state index is 0.0225. The molecule has 0 aliphatic heterocycles. The molecular formula is C61H54N4OPt-2. The topological polar surface area (TPSA) is 36.9 Å². The predicted molar refractivity (Wildman–Crippen MR) is 271 cm³/mol. The first-order valence-corrected chi connectivity index (χ1v) is 24.6. The number of benzene rings is 7. The summed E-state index contributed by atoms with van der Waals surface area (Å²) in [5.41, 5.74) is 15.3. The van der Waals surface area contributed by atoms with Crippen molar-refractivity contribution >= 4 is 32.8 Å². The fourth-order valence-corrected chi connectivity index (χ4v) is 11.3.